The fourth-order valence-electron chi connectivity index (χ4n) is 2.15. The summed E-state index contributed by atoms with van der Waals surface area (Å²) in [4.78, 5) is 0. The number of hydrogen-bond donors (Lipinski definition) is 0. The van der Waals surface area contributed by atoms with Crippen molar-refractivity contribution in [1.82, 2.24) is 0 Å². The van der Waals surface area contributed by atoms with Crippen LogP contribution in [-0.4, -0.2) is 25.3 Å². The first kappa shape index (κ1) is 12.8. The van der Waals surface area contributed by atoms with Crippen molar-refractivity contribution >= 4 is 47.7 Å². The zero-order valence-electron chi connectivity index (χ0n) is 9.59. The third kappa shape index (κ3) is 2.43. The third-order valence-electron chi connectivity index (χ3n) is 3.15. The molecular formula is C15H12Cl2Te. The summed E-state index contributed by atoms with van der Waals surface area (Å²) >= 11 is 12.6. The average Bonchev–Trinajstić information content (AvgIpc) is 2.93. The minimum atomic E-state index is -0.556. The van der Waals surface area contributed by atoms with E-state index in [1.165, 1.54) is 9.17 Å². The molecule has 0 saturated heterocycles. The van der Waals surface area contributed by atoms with E-state index in [1.54, 1.807) is 0 Å². The second-order valence-corrected chi connectivity index (χ2v) is 9.33. The van der Waals surface area contributed by atoms with Crippen molar-refractivity contribution < 1.29 is 0 Å². The molecule has 3 rings (SSSR count). The Morgan fingerprint density at radius 2 is 1.39 bits per heavy atom. The molecule has 0 heterocycles. The van der Waals surface area contributed by atoms with Crippen LogP contribution in [0, 0.1) is 0 Å². The first-order valence-corrected chi connectivity index (χ1v) is 9.11. The molecule has 0 nitrogen and oxygen atoms in total. The van der Waals surface area contributed by atoms with E-state index in [0.29, 0.717) is 9.88 Å². The zero-order valence-corrected chi connectivity index (χ0v) is 13.4. The molecule has 1 aliphatic carbocycles. The van der Waals surface area contributed by atoms with Crippen LogP contribution in [0.4, 0.5) is 0 Å². The summed E-state index contributed by atoms with van der Waals surface area (Å²) in [7, 11) is 0. The monoisotopic (exact) mass is 392 g/mol. The van der Waals surface area contributed by atoms with Crippen LogP contribution in [0.2, 0.25) is 3.97 Å². The fourth-order valence-corrected chi connectivity index (χ4v) is 7.67. The van der Waals surface area contributed by atoms with Gasteiger partial charge in [-0.2, -0.15) is 0 Å². The van der Waals surface area contributed by atoms with Crippen LogP contribution >= 0.6 is 23.2 Å². The normalized spacial score (nSPS) is 24.8. The quantitative estimate of drug-likeness (QED) is 0.553. The van der Waals surface area contributed by atoms with Gasteiger partial charge in [0.15, 0.2) is 0 Å². The molecule has 2 aromatic carbocycles. The van der Waals surface area contributed by atoms with Crippen molar-refractivity contribution in [3.05, 3.63) is 66.2 Å². The Morgan fingerprint density at radius 3 is 2.00 bits per heavy atom. The van der Waals surface area contributed by atoms with Gasteiger partial charge >= 0.3 is 128 Å². The Kier molecular flexibility index (Phi) is 3.61. The van der Waals surface area contributed by atoms with Gasteiger partial charge in [-0.05, 0) is 0 Å². The second kappa shape index (κ2) is 5.06. The Balaban J connectivity index is 1.79. The number of hydrogen-bond acceptors (Lipinski definition) is 0. The molecule has 0 aromatic heterocycles. The van der Waals surface area contributed by atoms with Crippen molar-refractivity contribution in [2.24, 2.45) is 0 Å². The van der Waals surface area contributed by atoms with E-state index in [1.807, 2.05) is 12.1 Å². The summed E-state index contributed by atoms with van der Waals surface area (Å²) in [6, 6.07) is 21.0. The van der Waals surface area contributed by atoms with Gasteiger partial charge in [-0.3, -0.25) is 0 Å². The first-order valence-electron chi connectivity index (χ1n) is 5.84. The molecule has 0 aliphatic heterocycles. The van der Waals surface area contributed by atoms with Crippen molar-refractivity contribution in [1.29, 1.82) is 0 Å². The molecular weight excluding hydrogens is 379 g/mol. The summed E-state index contributed by atoms with van der Waals surface area (Å²) in [6.45, 7) is 0. The molecule has 0 bridgehead atoms. The van der Waals surface area contributed by atoms with Gasteiger partial charge in [-0.1, -0.05) is 0 Å². The molecule has 2 atom stereocenters. The average molecular weight is 391 g/mol. The maximum atomic E-state index is 6.46. The van der Waals surface area contributed by atoms with Crippen molar-refractivity contribution in [2.45, 2.75) is 14.2 Å². The number of halogens is 2. The van der Waals surface area contributed by atoms with E-state index < -0.39 is 4.33 Å². The molecule has 1 saturated carbocycles. The summed E-state index contributed by atoms with van der Waals surface area (Å²) in [6.07, 6.45) is 0. The van der Waals surface area contributed by atoms with Crippen LogP contribution in [-0.2, 0) is 0 Å². The van der Waals surface area contributed by atoms with E-state index >= 15 is 0 Å². The van der Waals surface area contributed by atoms with Crippen molar-refractivity contribution in [2.75, 3.05) is 0 Å². The van der Waals surface area contributed by atoms with E-state index in [9.17, 15) is 0 Å². The van der Waals surface area contributed by atoms with Gasteiger partial charge < -0.3 is 0 Å². The van der Waals surface area contributed by atoms with Crippen LogP contribution in [0.5, 0.6) is 0 Å². The molecule has 1 aliphatic rings. The SMILES string of the molecule is ClC1(Cl)C([Te]c2ccccc2)C1c1ccccc1. The molecule has 0 radical (unpaired) electrons. The Bertz CT molecular complexity index is 525. The zero-order chi connectivity index (χ0) is 12.6. The van der Waals surface area contributed by atoms with Gasteiger partial charge in [0.2, 0.25) is 0 Å². The molecule has 0 N–H and O–H groups in total. The summed E-state index contributed by atoms with van der Waals surface area (Å²) in [5.74, 6) is 0.310. The van der Waals surface area contributed by atoms with E-state index in [0.717, 1.165) is 0 Å². The number of benzene rings is 2. The number of rotatable bonds is 3. The molecule has 18 heavy (non-hydrogen) atoms. The molecule has 0 amide bonds. The van der Waals surface area contributed by atoms with Gasteiger partial charge in [-0.25, -0.2) is 0 Å². The second-order valence-electron chi connectivity index (χ2n) is 4.41. The predicted molar refractivity (Wildman–Crippen MR) is 79.2 cm³/mol. The van der Waals surface area contributed by atoms with Crippen LogP contribution in [0.1, 0.15) is 11.5 Å². The van der Waals surface area contributed by atoms with Gasteiger partial charge in [0.05, 0.1) is 0 Å². The summed E-state index contributed by atoms with van der Waals surface area (Å²) in [5, 5.41) is 0. The summed E-state index contributed by atoms with van der Waals surface area (Å²) < 4.78 is 1.31. The molecule has 92 valence electrons. The maximum absolute atomic E-state index is 6.46. The Morgan fingerprint density at radius 1 is 0.833 bits per heavy atom. The van der Waals surface area contributed by atoms with Gasteiger partial charge in [-0.15, -0.1) is 0 Å². The topological polar surface area (TPSA) is 0 Å². The molecule has 2 aromatic rings. The molecule has 2 unspecified atom stereocenters. The first-order chi connectivity index (χ1) is 8.69. The van der Waals surface area contributed by atoms with Crippen LogP contribution < -0.4 is 3.61 Å². The Labute approximate surface area is 127 Å². The molecule has 3 heteroatoms. The van der Waals surface area contributed by atoms with Gasteiger partial charge in [0.1, 0.15) is 0 Å². The van der Waals surface area contributed by atoms with E-state index in [4.69, 9.17) is 23.2 Å². The number of alkyl halides is 2. The minimum absolute atomic E-state index is 0.310. The van der Waals surface area contributed by atoms with Crippen molar-refractivity contribution in [3.63, 3.8) is 0 Å². The predicted octanol–water partition coefficient (Wildman–Crippen LogP) is 3.78. The van der Waals surface area contributed by atoms with Crippen LogP contribution in [0.25, 0.3) is 0 Å². The molecule has 0 spiro atoms. The van der Waals surface area contributed by atoms with E-state index in [2.05, 4.69) is 48.5 Å². The van der Waals surface area contributed by atoms with Gasteiger partial charge in [0, 0.05) is 0 Å². The third-order valence-corrected chi connectivity index (χ3v) is 9.02. The van der Waals surface area contributed by atoms with E-state index in [-0.39, 0.29) is 20.9 Å². The molecule has 1 fully saturated rings. The Hall–Kier alpha value is -0.190. The van der Waals surface area contributed by atoms with Gasteiger partial charge in [0.25, 0.3) is 0 Å². The van der Waals surface area contributed by atoms with Crippen molar-refractivity contribution in [3.8, 4) is 0 Å². The van der Waals surface area contributed by atoms with Crippen LogP contribution in [0.15, 0.2) is 60.7 Å². The standard InChI is InChI=1S/C15H12Cl2Te/c16-15(17)13(11-7-3-1-4-8-11)14(15)18-12-9-5-2-6-10-12/h1-10,13-14H. The van der Waals surface area contributed by atoms with Crippen LogP contribution in [0.3, 0.4) is 0 Å². The fraction of sp³-hybridized carbons (Fsp3) is 0.200. The summed E-state index contributed by atoms with van der Waals surface area (Å²) in [5.41, 5.74) is 1.27.